The summed E-state index contributed by atoms with van der Waals surface area (Å²) in [5.74, 6) is 0.741. The van der Waals surface area contributed by atoms with Crippen LogP contribution < -0.4 is 5.32 Å². The molecule has 82 valence electrons. The van der Waals surface area contributed by atoms with E-state index in [0.29, 0.717) is 12.4 Å². The summed E-state index contributed by atoms with van der Waals surface area (Å²) in [7, 11) is -2.91. The largest absolute Gasteiger partial charge is 0.350 e. The molecule has 0 unspecified atom stereocenters. The lowest BCUT2D eigenvalue weighted by Crippen LogP contribution is -2.30. The highest BCUT2D eigenvalue weighted by Crippen LogP contribution is 2.22. The minimum absolute atomic E-state index is 0.0719. The Morgan fingerprint density at radius 1 is 1.40 bits per heavy atom. The Labute approximate surface area is 88.9 Å². The fourth-order valence-corrected chi connectivity index (χ4v) is 3.35. The minimum atomic E-state index is -2.91. The van der Waals surface area contributed by atoms with E-state index in [1.807, 2.05) is 0 Å². The third-order valence-corrected chi connectivity index (χ3v) is 4.99. The van der Waals surface area contributed by atoms with Crippen molar-refractivity contribution < 1.29 is 8.42 Å². The number of nitrogens with one attached hydrogen (secondary N) is 1. The lowest BCUT2D eigenvalue weighted by molar-refractivity contribution is 0.590. The number of nitrogens with zero attached hydrogens (tertiary/aromatic N) is 2. The second-order valence-corrected chi connectivity index (χ2v) is 6.16. The SMILES string of the molecule is C[C@H]1[C@@H](Nc2ncccn2)CCS1(=O)=O. The average molecular weight is 227 g/mol. The first-order chi connectivity index (χ1) is 7.09. The molecular weight excluding hydrogens is 214 g/mol. The smallest absolute Gasteiger partial charge is 0.222 e. The standard InChI is InChI=1S/C9H13N3O2S/c1-7-8(3-6-15(7,13)14)12-9-10-4-2-5-11-9/h2,4-5,7-8H,3,6H2,1H3,(H,10,11,12)/t7-,8-/m0/s1. The van der Waals surface area contributed by atoms with Crippen LogP contribution in [0.5, 0.6) is 0 Å². The summed E-state index contributed by atoms with van der Waals surface area (Å²) in [6, 6.07) is 1.65. The molecule has 0 saturated carbocycles. The summed E-state index contributed by atoms with van der Waals surface area (Å²) in [5, 5.41) is 2.68. The summed E-state index contributed by atoms with van der Waals surface area (Å²) in [4.78, 5) is 8.01. The van der Waals surface area contributed by atoms with Crippen molar-refractivity contribution in [2.75, 3.05) is 11.1 Å². The normalized spacial score (nSPS) is 28.9. The van der Waals surface area contributed by atoms with Gasteiger partial charge < -0.3 is 5.32 Å². The van der Waals surface area contributed by atoms with E-state index in [1.54, 1.807) is 25.4 Å². The maximum absolute atomic E-state index is 11.5. The van der Waals surface area contributed by atoms with Gasteiger partial charge in [0.25, 0.3) is 0 Å². The zero-order chi connectivity index (χ0) is 10.9. The molecule has 1 saturated heterocycles. The van der Waals surface area contributed by atoms with Gasteiger partial charge in [-0.3, -0.25) is 0 Å². The first-order valence-electron chi connectivity index (χ1n) is 4.85. The molecule has 2 rings (SSSR count). The average Bonchev–Trinajstić information content (AvgIpc) is 2.47. The van der Waals surface area contributed by atoms with Crippen LogP contribution in [-0.2, 0) is 9.84 Å². The molecule has 1 N–H and O–H groups in total. The molecule has 0 spiro atoms. The molecule has 1 aromatic rings. The van der Waals surface area contributed by atoms with E-state index in [1.165, 1.54) is 0 Å². The van der Waals surface area contributed by atoms with E-state index < -0.39 is 9.84 Å². The molecule has 1 aliphatic heterocycles. The second-order valence-electron chi connectivity index (χ2n) is 3.68. The molecule has 1 aromatic heterocycles. The van der Waals surface area contributed by atoms with Gasteiger partial charge in [0.1, 0.15) is 0 Å². The molecule has 0 bridgehead atoms. The highest BCUT2D eigenvalue weighted by molar-refractivity contribution is 7.92. The van der Waals surface area contributed by atoms with Crippen LogP contribution in [0.3, 0.4) is 0 Å². The summed E-state index contributed by atoms with van der Waals surface area (Å²) in [5.41, 5.74) is 0. The third-order valence-electron chi connectivity index (χ3n) is 2.73. The van der Waals surface area contributed by atoms with Gasteiger partial charge in [-0.1, -0.05) is 0 Å². The van der Waals surface area contributed by atoms with Gasteiger partial charge in [-0.25, -0.2) is 18.4 Å². The van der Waals surface area contributed by atoms with Gasteiger partial charge in [-0.2, -0.15) is 0 Å². The molecule has 6 heteroatoms. The fraction of sp³-hybridized carbons (Fsp3) is 0.556. The Kier molecular flexibility index (Phi) is 2.60. The lowest BCUT2D eigenvalue weighted by atomic mass is 10.2. The van der Waals surface area contributed by atoms with Gasteiger partial charge in [0.15, 0.2) is 9.84 Å². The number of hydrogen-bond acceptors (Lipinski definition) is 5. The lowest BCUT2D eigenvalue weighted by Gasteiger charge is -2.15. The topological polar surface area (TPSA) is 72.0 Å². The fourth-order valence-electron chi connectivity index (χ4n) is 1.69. The second kappa shape index (κ2) is 3.77. The van der Waals surface area contributed by atoms with E-state index in [4.69, 9.17) is 0 Å². The highest BCUT2D eigenvalue weighted by Gasteiger charge is 2.36. The molecule has 0 radical (unpaired) electrons. The summed E-state index contributed by atoms with van der Waals surface area (Å²) in [6.45, 7) is 1.73. The number of rotatable bonds is 2. The first kappa shape index (κ1) is 10.4. The molecule has 2 heterocycles. The maximum Gasteiger partial charge on any atom is 0.222 e. The first-order valence-corrected chi connectivity index (χ1v) is 6.56. The monoisotopic (exact) mass is 227 g/mol. The predicted octanol–water partition coefficient (Wildman–Crippen LogP) is 0.464. The quantitative estimate of drug-likeness (QED) is 0.795. The molecular formula is C9H13N3O2S. The zero-order valence-corrected chi connectivity index (χ0v) is 9.24. The highest BCUT2D eigenvalue weighted by atomic mass is 32.2. The van der Waals surface area contributed by atoms with Crippen LogP contribution in [0.2, 0.25) is 0 Å². The van der Waals surface area contributed by atoms with Crippen LogP contribution in [0.4, 0.5) is 5.95 Å². The van der Waals surface area contributed by atoms with Crippen molar-refractivity contribution in [1.29, 1.82) is 0 Å². The van der Waals surface area contributed by atoms with Crippen molar-refractivity contribution in [2.24, 2.45) is 0 Å². The van der Waals surface area contributed by atoms with E-state index in [-0.39, 0.29) is 17.0 Å². The molecule has 1 fully saturated rings. The minimum Gasteiger partial charge on any atom is -0.350 e. The Morgan fingerprint density at radius 2 is 2.07 bits per heavy atom. The van der Waals surface area contributed by atoms with E-state index in [0.717, 1.165) is 0 Å². The van der Waals surface area contributed by atoms with Gasteiger partial charge in [0.2, 0.25) is 5.95 Å². The molecule has 0 aliphatic carbocycles. The van der Waals surface area contributed by atoms with Crippen molar-refractivity contribution in [3.63, 3.8) is 0 Å². The van der Waals surface area contributed by atoms with Crippen LogP contribution in [-0.4, -0.2) is 35.4 Å². The number of anilines is 1. The van der Waals surface area contributed by atoms with Gasteiger partial charge >= 0.3 is 0 Å². The molecule has 2 atom stereocenters. The van der Waals surface area contributed by atoms with Gasteiger partial charge in [0, 0.05) is 18.4 Å². The number of aromatic nitrogens is 2. The molecule has 15 heavy (non-hydrogen) atoms. The van der Waals surface area contributed by atoms with Crippen LogP contribution in [0.25, 0.3) is 0 Å². The summed E-state index contributed by atoms with van der Waals surface area (Å²) >= 11 is 0. The van der Waals surface area contributed by atoms with Gasteiger partial charge in [-0.15, -0.1) is 0 Å². The van der Waals surface area contributed by atoms with Crippen LogP contribution in [0.15, 0.2) is 18.5 Å². The Hall–Kier alpha value is -1.17. The van der Waals surface area contributed by atoms with Crippen LogP contribution >= 0.6 is 0 Å². The van der Waals surface area contributed by atoms with Crippen molar-refractivity contribution in [1.82, 2.24) is 9.97 Å². The third kappa shape index (κ3) is 2.09. The predicted molar refractivity (Wildman–Crippen MR) is 57.3 cm³/mol. The Balaban J connectivity index is 2.10. The molecule has 5 nitrogen and oxygen atoms in total. The zero-order valence-electron chi connectivity index (χ0n) is 8.42. The Morgan fingerprint density at radius 3 is 2.60 bits per heavy atom. The number of sulfone groups is 1. The van der Waals surface area contributed by atoms with Crippen LogP contribution in [0.1, 0.15) is 13.3 Å². The molecule has 0 aromatic carbocycles. The Bertz CT molecular complexity index is 432. The van der Waals surface area contributed by atoms with E-state index in [9.17, 15) is 8.42 Å². The molecule has 0 amide bonds. The number of hydrogen-bond donors (Lipinski definition) is 1. The van der Waals surface area contributed by atoms with E-state index >= 15 is 0 Å². The van der Waals surface area contributed by atoms with Gasteiger partial charge in [0.05, 0.1) is 11.0 Å². The van der Waals surface area contributed by atoms with E-state index in [2.05, 4.69) is 15.3 Å². The van der Waals surface area contributed by atoms with Crippen LogP contribution in [0, 0.1) is 0 Å². The van der Waals surface area contributed by atoms with Crippen molar-refractivity contribution >= 4 is 15.8 Å². The molecule has 1 aliphatic rings. The van der Waals surface area contributed by atoms with Gasteiger partial charge in [-0.05, 0) is 19.4 Å². The van der Waals surface area contributed by atoms with Crippen molar-refractivity contribution in [2.45, 2.75) is 24.6 Å². The summed E-state index contributed by atoms with van der Waals surface area (Å²) < 4.78 is 23.0. The maximum atomic E-state index is 11.5. The van der Waals surface area contributed by atoms with Crippen molar-refractivity contribution in [3.05, 3.63) is 18.5 Å². The summed E-state index contributed by atoms with van der Waals surface area (Å²) in [6.07, 6.45) is 3.88. The van der Waals surface area contributed by atoms with Crippen molar-refractivity contribution in [3.8, 4) is 0 Å².